The fourth-order valence-corrected chi connectivity index (χ4v) is 3.75. The Kier molecular flexibility index (Phi) is 5.60. The van der Waals surface area contributed by atoms with Gasteiger partial charge in [0.05, 0.1) is 12.2 Å². The van der Waals surface area contributed by atoms with Crippen LogP contribution in [0, 0.1) is 5.82 Å². The molecule has 0 N–H and O–H groups in total. The molecule has 2 aliphatic rings. The van der Waals surface area contributed by atoms with Crippen LogP contribution in [0.2, 0.25) is 0 Å². The molecular formula is C23H23FN2O3. The molecule has 0 aromatic heterocycles. The second kappa shape index (κ2) is 8.47. The summed E-state index contributed by atoms with van der Waals surface area (Å²) < 4.78 is 19.8. The Morgan fingerprint density at radius 2 is 1.72 bits per heavy atom. The lowest BCUT2D eigenvalue weighted by Crippen LogP contribution is -2.52. The summed E-state index contributed by atoms with van der Waals surface area (Å²) in [6, 6.07) is 13.4. The molecule has 0 saturated carbocycles. The van der Waals surface area contributed by atoms with Gasteiger partial charge in [-0.25, -0.2) is 4.39 Å². The van der Waals surface area contributed by atoms with Crippen LogP contribution in [-0.2, 0) is 9.59 Å². The summed E-state index contributed by atoms with van der Waals surface area (Å²) in [5.74, 6) is -0.297. The first-order valence-electron chi connectivity index (χ1n) is 9.92. The molecule has 0 bridgehead atoms. The number of para-hydroxylation sites is 2. The number of carbonyl (C=O) groups is 2. The molecule has 2 aromatic carbocycles. The van der Waals surface area contributed by atoms with Crippen molar-refractivity contribution < 1.29 is 18.7 Å². The third-order valence-corrected chi connectivity index (χ3v) is 5.29. The summed E-state index contributed by atoms with van der Waals surface area (Å²) in [4.78, 5) is 29.2. The number of nitrogens with zero attached hydrogens (tertiary/aromatic N) is 2. The molecule has 1 saturated heterocycles. The van der Waals surface area contributed by atoms with Gasteiger partial charge in [-0.1, -0.05) is 30.3 Å². The molecule has 0 aliphatic carbocycles. The fourth-order valence-electron chi connectivity index (χ4n) is 3.75. The van der Waals surface area contributed by atoms with Gasteiger partial charge in [-0.05, 0) is 43.5 Å². The van der Waals surface area contributed by atoms with Crippen LogP contribution in [0.5, 0.6) is 5.75 Å². The topological polar surface area (TPSA) is 49.9 Å². The predicted molar refractivity (Wildman–Crippen MR) is 109 cm³/mol. The van der Waals surface area contributed by atoms with Crippen LogP contribution < -0.4 is 9.64 Å². The maximum absolute atomic E-state index is 13.8. The van der Waals surface area contributed by atoms with Gasteiger partial charge < -0.3 is 14.5 Å². The monoisotopic (exact) mass is 394 g/mol. The molecule has 0 radical (unpaired) electrons. The van der Waals surface area contributed by atoms with Gasteiger partial charge in [0.25, 0.3) is 11.8 Å². The van der Waals surface area contributed by atoms with E-state index in [1.807, 2.05) is 17.0 Å². The number of likely N-dealkylation sites (tertiary alicyclic amines) is 1. The highest BCUT2D eigenvalue weighted by Crippen LogP contribution is 2.34. The number of rotatable bonds is 3. The second-order valence-corrected chi connectivity index (χ2v) is 7.26. The molecule has 2 aromatic rings. The first-order valence-corrected chi connectivity index (χ1v) is 9.92. The van der Waals surface area contributed by atoms with Crippen LogP contribution in [0.3, 0.4) is 0 Å². The van der Waals surface area contributed by atoms with Gasteiger partial charge in [-0.3, -0.25) is 9.59 Å². The molecule has 29 heavy (non-hydrogen) atoms. The van der Waals surface area contributed by atoms with Crippen LogP contribution in [0.15, 0.2) is 54.6 Å². The van der Waals surface area contributed by atoms with Crippen LogP contribution in [-0.4, -0.2) is 42.5 Å². The molecule has 150 valence electrons. The van der Waals surface area contributed by atoms with Gasteiger partial charge in [0.1, 0.15) is 11.6 Å². The number of fused-ring (bicyclic) bond motifs is 1. The molecule has 2 aliphatic heterocycles. The average Bonchev–Trinajstić information content (AvgIpc) is 2.77. The van der Waals surface area contributed by atoms with Gasteiger partial charge in [0.2, 0.25) is 0 Å². The van der Waals surface area contributed by atoms with Crippen LogP contribution >= 0.6 is 0 Å². The zero-order valence-electron chi connectivity index (χ0n) is 16.1. The summed E-state index contributed by atoms with van der Waals surface area (Å²) in [6.07, 6.45) is 5.16. The molecule has 0 spiro atoms. The zero-order valence-corrected chi connectivity index (χ0v) is 16.1. The number of ether oxygens (including phenoxy) is 1. The van der Waals surface area contributed by atoms with Crippen LogP contribution in [0.1, 0.15) is 24.8 Å². The largest absolute Gasteiger partial charge is 0.476 e. The quantitative estimate of drug-likeness (QED) is 0.747. The van der Waals surface area contributed by atoms with E-state index in [0.29, 0.717) is 17.0 Å². The molecule has 6 heteroatoms. The van der Waals surface area contributed by atoms with Gasteiger partial charge >= 0.3 is 0 Å². The minimum atomic E-state index is -0.742. The van der Waals surface area contributed by atoms with Crippen molar-refractivity contribution in [3.8, 4) is 5.75 Å². The molecule has 2 amide bonds. The number of halogens is 1. The van der Waals surface area contributed by atoms with E-state index in [1.165, 1.54) is 23.1 Å². The average molecular weight is 394 g/mol. The molecular weight excluding hydrogens is 371 g/mol. The number of carbonyl (C=O) groups excluding carboxylic acids is 2. The highest BCUT2D eigenvalue weighted by atomic mass is 19.1. The van der Waals surface area contributed by atoms with Crippen molar-refractivity contribution in [3.05, 3.63) is 66.0 Å². The lowest BCUT2D eigenvalue weighted by Gasteiger charge is -2.37. The summed E-state index contributed by atoms with van der Waals surface area (Å²) in [6.45, 7) is 1.58. The lowest BCUT2D eigenvalue weighted by molar-refractivity contribution is -0.139. The van der Waals surface area contributed by atoms with Crippen molar-refractivity contribution in [2.45, 2.75) is 25.4 Å². The maximum atomic E-state index is 13.8. The summed E-state index contributed by atoms with van der Waals surface area (Å²) in [5.41, 5.74) is 0.946. The summed E-state index contributed by atoms with van der Waals surface area (Å²) in [5, 5.41) is 0. The van der Waals surface area contributed by atoms with Crippen LogP contribution in [0.25, 0.3) is 6.08 Å². The van der Waals surface area contributed by atoms with Gasteiger partial charge in [0, 0.05) is 24.7 Å². The number of anilines is 1. The molecule has 0 unspecified atom stereocenters. The Bertz CT molecular complexity index is 937. The third-order valence-electron chi connectivity index (χ3n) is 5.29. The van der Waals surface area contributed by atoms with E-state index in [-0.39, 0.29) is 18.4 Å². The predicted octanol–water partition coefficient (Wildman–Crippen LogP) is 3.65. The maximum Gasteiger partial charge on any atom is 0.265 e. The molecule has 1 fully saturated rings. The van der Waals surface area contributed by atoms with Gasteiger partial charge in [-0.2, -0.15) is 0 Å². The number of benzene rings is 2. The highest BCUT2D eigenvalue weighted by molar-refractivity contribution is 6.05. The van der Waals surface area contributed by atoms with E-state index in [0.717, 1.165) is 32.4 Å². The van der Waals surface area contributed by atoms with Crippen molar-refractivity contribution in [3.63, 3.8) is 0 Å². The molecule has 4 rings (SSSR count). The Morgan fingerprint density at radius 3 is 2.52 bits per heavy atom. The SMILES string of the molecule is O=C([C@H]1CN(C(=O)/C=C/c2ccccc2F)c2ccccc2O1)N1CCCCC1. The van der Waals surface area contributed by atoms with E-state index in [1.54, 1.807) is 30.3 Å². The highest BCUT2D eigenvalue weighted by Gasteiger charge is 2.35. The zero-order chi connectivity index (χ0) is 20.2. The Balaban J connectivity index is 1.57. The standard InChI is InChI=1S/C23H23FN2O3/c24-18-9-3-2-8-17(18)12-13-22(27)26-16-21(23(28)25-14-6-1-7-15-25)29-20-11-5-4-10-19(20)26/h2-5,8-13,21H,1,6-7,14-16H2/b13-12+/t21-/m1/s1. The normalized spacial score (nSPS) is 19.0. The smallest absolute Gasteiger partial charge is 0.265 e. The van der Waals surface area contributed by atoms with Crippen molar-refractivity contribution >= 4 is 23.6 Å². The summed E-state index contributed by atoms with van der Waals surface area (Å²) >= 11 is 0. The van der Waals surface area contributed by atoms with Crippen molar-refractivity contribution in [1.82, 2.24) is 4.90 Å². The number of piperidine rings is 1. The Hall–Kier alpha value is -3.15. The number of hydrogen-bond donors (Lipinski definition) is 0. The van der Waals surface area contributed by atoms with Crippen molar-refractivity contribution in [2.75, 3.05) is 24.5 Å². The van der Waals surface area contributed by atoms with E-state index in [9.17, 15) is 14.0 Å². The van der Waals surface area contributed by atoms with Crippen LogP contribution in [0.4, 0.5) is 10.1 Å². The van der Waals surface area contributed by atoms with E-state index < -0.39 is 11.9 Å². The van der Waals surface area contributed by atoms with Crippen molar-refractivity contribution in [2.24, 2.45) is 0 Å². The first kappa shape index (κ1) is 19.2. The molecule has 2 heterocycles. The first-order chi connectivity index (χ1) is 14.1. The van der Waals surface area contributed by atoms with E-state index in [4.69, 9.17) is 4.74 Å². The minimum absolute atomic E-state index is 0.0879. The Labute approximate surface area is 169 Å². The second-order valence-electron chi connectivity index (χ2n) is 7.26. The number of hydrogen-bond acceptors (Lipinski definition) is 3. The number of amides is 2. The van der Waals surface area contributed by atoms with Gasteiger partial charge in [0.15, 0.2) is 6.10 Å². The summed E-state index contributed by atoms with van der Waals surface area (Å²) in [7, 11) is 0. The lowest BCUT2D eigenvalue weighted by atomic mass is 10.1. The van der Waals surface area contributed by atoms with Crippen molar-refractivity contribution in [1.29, 1.82) is 0 Å². The molecule has 1 atom stereocenters. The van der Waals surface area contributed by atoms with Gasteiger partial charge in [-0.15, -0.1) is 0 Å². The molecule has 5 nitrogen and oxygen atoms in total. The Morgan fingerprint density at radius 1 is 1.00 bits per heavy atom. The minimum Gasteiger partial charge on any atom is -0.476 e. The van der Waals surface area contributed by atoms with E-state index >= 15 is 0 Å². The fraction of sp³-hybridized carbons (Fsp3) is 0.304. The third kappa shape index (κ3) is 4.16. The van der Waals surface area contributed by atoms with E-state index in [2.05, 4.69) is 0 Å².